The van der Waals surface area contributed by atoms with Crippen LogP contribution in [0.2, 0.25) is 0 Å². The van der Waals surface area contributed by atoms with Crippen molar-refractivity contribution in [1.29, 1.82) is 0 Å². The lowest BCUT2D eigenvalue weighted by Gasteiger charge is -2.38. The van der Waals surface area contributed by atoms with Gasteiger partial charge in [-0.25, -0.2) is 0 Å². The fourth-order valence-corrected chi connectivity index (χ4v) is 4.24. The molecule has 0 aliphatic carbocycles. The maximum atomic E-state index is 12.0. The van der Waals surface area contributed by atoms with E-state index in [1.165, 1.54) is 17.7 Å². The monoisotopic (exact) mass is 318 g/mol. The number of carbonyl (C=O) groups is 1. The fraction of sp³-hybridized carbons (Fsp3) is 0.778. The third-order valence-electron chi connectivity index (χ3n) is 5.49. The molecule has 5 heteroatoms. The minimum Gasteiger partial charge on any atom is -0.349 e. The van der Waals surface area contributed by atoms with Gasteiger partial charge in [0.05, 0.1) is 11.7 Å². The van der Waals surface area contributed by atoms with Gasteiger partial charge in [0.15, 0.2) is 0 Å². The average molecular weight is 318 g/mol. The highest BCUT2D eigenvalue weighted by atomic mass is 16.1. The van der Waals surface area contributed by atoms with Gasteiger partial charge in [0, 0.05) is 42.2 Å². The van der Waals surface area contributed by atoms with Crippen LogP contribution >= 0.6 is 0 Å². The molecule has 128 valence electrons. The molecule has 5 nitrogen and oxygen atoms in total. The van der Waals surface area contributed by atoms with Crippen LogP contribution in [-0.2, 0) is 16.8 Å². The molecule has 2 saturated heterocycles. The first-order valence-electron chi connectivity index (χ1n) is 8.87. The summed E-state index contributed by atoms with van der Waals surface area (Å²) in [5.41, 5.74) is 2.50. The van der Waals surface area contributed by atoms with E-state index in [0.717, 1.165) is 32.4 Å². The van der Waals surface area contributed by atoms with E-state index in [9.17, 15) is 4.79 Å². The molecule has 2 aliphatic heterocycles. The maximum Gasteiger partial charge on any atom is 0.220 e. The van der Waals surface area contributed by atoms with Crippen LogP contribution in [0.15, 0.2) is 6.20 Å². The molecule has 23 heavy (non-hydrogen) atoms. The van der Waals surface area contributed by atoms with Crippen LogP contribution in [0.25, 0.3) is 0 Å². The lowest BCUT2D eigenvalue weighted by molar-refractivity contribution is -0.123. The van der Waals surface area contributed by atoms with Crippen molar-refractivity contribution in [3.05, 3.63) is 17.5 Å². The Kier molecular flexibility index (Phi) is 4.25. The number of amides is 1. The summed E-state index contributed by atoms with van der Waals surface area (Å²) < 4.78 is 0. The molecule has 0 bridgehead atoms. The number of aromatic amines is 1. The molecular weight excluding hydrogens is 288 g/mol. The number of nitrogens with zero attached hydrogens (tertiary/aromatic N) is 2. The topological polar surface area (TPSA) is 61.0 Å². The number of hydrogen-bond donors (Lipinski definition) is 2. The van der Waals surface area contributed by atoms with Gasteiger partial charge in [-0.15, -0.1) is 0 Å². The first kappa shape index (κ1) is 16.5. The highest BCUT2D eigenvalue weighted by Crippen LogP contribution is 2.35. The van der Waals surface area contributed by atoms with Gasteiger partial charge in [-0.2, -0.15) is 5.10 Å². The molecule has 2 fully saturated rings. The van der Waals surface area contributed by atoms with Crippen LogP contribution in [0.5, 0.6) is 0 Å². The Balaban J connectivity index is 1.79. The maximum absolute atomic E-state index is 12.0. The molecule has 0 spiro atoms. The Bertz CT molecular complexity index is 574. The van der Waals surface area contributed by atoms with Crippen LogP contribution < -0.4 is 5.32 Å². The zero-order valence-electron chi connectivity index (χ0n) is 14.9. The van der Waals surface area contributed by atoms with Crippen LogP contribution in [0, 0.1) is 0 Å². The van der Waals surface area contributed by atoms with Crippen molar-refractivity contribution in [2.45, 2.75) is 83.3 Å². The van der Waals surface area contributed by atoms with Crippen LogP contribution in [0.4, 0.5) is 0 Å². The van der Waals surface area contributed by atoms with Crippen molar-refractivity contribution in [3.8, 4) is 0 Å². The van der Waals surface area contributed by atoms with Gasteiger partial charge in [0.2, 0.25) is 5.91 Å². The Labute approximate surface area is 139 Å². The molecule has 3 heterocycles. The first-order valence-corrected chi connectivity index (χ1v) is 8.87. The number of aromatic nitrogens is 2. The molecule has 0 unspecified atom stereocenters. The molecule has 0 aromatic carbocycles. The van der Waals surface area contributed by atoms with E-state index in [-0.39, 0.29) is 16.9 Å². The molecular formula is C18H30N4O. The van der Waals surface area contributed by atoms with Crippen molar-refractivity contribution in [1.82, 2.24) is 20.4 Å². The largest absolute Gasteiger partial charge is 0.349 e. The summed E-state index contributed by atoms with van der Waals surface area (Å²) in [5, 5.41) is 10.8. The summed E-state index contributed by atoms with van der Waals surface area (Å²) >= 11 is 0. The Morgan fingerprint density at radius 1 is 1.39 bits per heavy atom. The Morgan fingerprint density at radius 3 is 2.91 bits per heavy atom. The van der Waals surface area contributed by atoms with Crippen LogP contribution in [0.1, 0.15) is 71.1 Å². The number of rotatable bonds is 2. The smallest absolute Gasteiger partial charge is 0.220 e. The van der Waals surface area contributed by atoms with Gasteiger partial charge in [-0.1, -0.05) is 27.2 Å². The molecule has 1 aromatic rings. The zero-order chi connectivity index (χ0) is 16.7. The van der Waals surface area contributed by atoms with Gasteiger partial charge < -0.3 is 5.32 Å². The van der Waals surface area contributed by atoms with E-state index in [4.69, 9.17) is 0 Å². The second-order valence-electron chi connectivity index (χ2n) is 8.47. The minimum absolute atomic E-state index is 0.0734. The number of nitrogens with one attached hydrogen (secondary N) is 2. The summed E-state index contributed by atoms with van der Waals surface area (Å²) in [6, 6.07) is 0.425. The normalized spacial score (nSPS) is 29.7. The Hall–Kier alpha value is -1.36. The summed E-state index contributed by atoms with van der Waals surface area (Å²) in [6.45, 7) is 10.8. The molecule has 1 aromatic heterocycles. The second-order valence-corrected chi connectivity index (χ2v) is 8.47. The number of likely N-dealkylation sites (tertiary alicyclic amines) is 1. The predicted molar refractivity (Wildman–Crippen MR) is 91.1 cm³/mol. The number of H-pyrrole nitrogens is 1. The van der Waals surface area contributed by atoms with Crippen molar-refractivity contribution in [3.63, 3.8) is 0 Å². The van der Waals surface area contributed by atoms with E-state index < -0.39 is 0 Å². The minimum atomic E-state index is -0.0802. The van der Waals surface area contributed by atoms with E-state index in [1.807, 2.05) is 6.20 Å². The van der Waals surface area contributed by atoms with E-state index >= 15 is 0 Å². The van der Waals surface area contributed by atoms with Crippen molar-refractivity contribution >= 4 is 5.91 Å². The highest BCUT2D eigenvalue weighted by Gasteiger charge is 2.45. The van der Waals surface area contributed by atoms with Crippen LogP contribution in [-0.4, -0.2) is 39.1 Å². The van der Waals surface area contributed by atoms with Gasteiger partial charge in [-0.3, -0.25) is 14.8 Å². The third kappa shape index (κ3) is 3.30. The fourth-order valence-electron chi connectivity index (χ4n) is 4.24. The molecule has 2 atom stereocenters. The van der Waals surface area contributed by atoms with E-state index in [1.54, 1.807) is 0 Å². The lowest BCUT2D eigenvalue weighted by Crippen LogP contribution is -2.55. The molecule has 0 radical (unpaired) electrons. The lowest BCUT2D eigenvalue weighted by atomic mass is 9.86. The predicted octanol–water partition coefficient (Wildman–Crippen LogP) is 2.73. The summed E-state index contributed by atoms with van der Waals surface area (Å²) in [4.78, 5) is 14.6. The highest BCUT2D eigenvalue weighted by molar-refractivity contribution is 5.77. The molecule has 2 N–H and O–H groups in total. The molecule has 3 rings (SSSR count). The molecule has 1 amide bonds. The molecule has 0 saturated carbocycles. The van der Waals surface area contributed by atoms with Crippen molar-refractivity contribution in [2.75, 3.05) is 6.54 Å². The van der Waals surface area contributed by atoms with Gasteiger partial charge in [0.25, 0.3) is 0 Å². The van der Waals surface area contributed by atoms with Crippen molar-refractivity contribution < 1.29 is 4.79 Å². The number of hydrogen-bond acceptors (Lipinski definition) is 3. The summed E-state index contributed by atoms with van der Waals surface area (Å²) in [7, 11) is 0. The Morgan fingerprint density at radius 2 is 2.17 bits per heavy atom. The number of fused-ring (bicyclic) bond motifs is 1. The van der Waals surface area contributed by atoms with Crippen LogP contribution in [0.3, 0.4) is 0 Å². The standard InChI is InChI=1S/C18H30N4O/c1-17(2,3)16-13(11-19-21-16)12-22-10-9-18(4)14(22)7-5-6-8-15(23)20-18/h11,14H,5-10,12H2,1-4H3,(H,19,21)(H,20,23)/t14-,18-/m1/s1. The third-order valence-corrected chi connectivity index (χ3v) is 5.49. The number of carbonyl (C=O) groups excluding carboxylic acids is 1. The van der Waals surface area contributed by atoms with Gasteiger partial charge in [-0.05, 0) is 26.2 Å². The van der Waals surface area contributed by atoms with E-state index in [0.29, 0.717) is 12.5 Å². The second kappa shape index (κ2) is 5.93. The SMILES string of the molecule is CC(C)(C)c1[nH]ncc1CN1CC[C@@]2(C)NC(=O)CCCC[C@@H]12. The zero-order valence-corrected chi connectivity index (χ0v) is 14.9. The summed E-state index contributed by atoms with van der Waals surface area (Å²) in [6.07, 6.45) is 6.99. The average Bonchev–Trinajstić information content (AvgIpc) is 3.00. The molecule has 2 aliphatic rings. The van der Waals surface area contributed by atoms with E-state index in [2.05, 4.69) is 48.1 Å². The quantitative estimate of drug-likeness (QED) is 0.881. The van der Waals surface area contributed by atoms with Gasteiger partial charge >= 0.3 is 0 Å². The van der Waals surface area contributed by atoms with Gasteiger partial charge in [0.1, 0.15) is 0 Å². The first-order chi connectivity index (χ1) is 10.8. The summed E-state index contributed by atoms with van der Waals surface area (Å²) in [5.74, 6) is 0.220. The van der Waals surface area contributed by atoms with Crippen molar-refractivity contribution in [2.24, 2.45) is 0 Å².